The van der Waals surface area contributed by atoms with E-state index in [-0.39, 0.29) is 0 Å². The molecule has 0 saturated heterocycles. The maximum atomic E-state index is 5.66. The third-order valence-corrected chi connectivity index (χ3v) is 3.58. The third-order valence-electron chi connectivity index (χ3n) is 3.58. The molecule has 2 aromatic heterocycles. The molecule has 0 atom stereocenters. The Morgan fingerprint density at radius 2 is 2.00 bits per heavy atom. The van der Waals surface area contributed by atoms with Crippen molar-refractivity contribution in [3.8, 4) is 17.2 Å². The van der Waals surface area contributed by atoms with Gasteiger partial charge in [-0.15, -0.1) is 0 Å². The summed E-state index contributed by atoms with van der Waals surface area (Å²) in [5.41, 5.74) is 2.94. The fourth-order valence-electron chi connectivity index (χ4n) is 2.56. The molecule has 0 unspecified atom stereocenters. The van der Waals surface area contributed by atoms with E-state index in [4.69, 9.17) is 9.15 Å². The summed E-state index contributed by atoms with van der Waals surface area (Å²) in [4.78, 5) is 10.9. The molecule has 124 valence electrons. The Kier molecular flexibility index (Phi) is 5.23. The van der Waals surface area contributed by atoms with Gasteiger partial charge < -0.3 is 9.15 Å². The van der Waals surface area contributed by atoms with Crippen LogP contribution in [0.25, 0.3) is 11.5 Å². The molecule has 24 heavy (non-hydrogen) atoms. The van der Waals surface area contributed by atoms with Crippen molar-refractivity contribution in [3.05, 3.63) is 66.3 Å². The van der Waals surface area contributed by atoms with Crippen LogP contribution in [0.15, 0.2) is 59.5 Å². The normalized spacial score (nSPS) is 11.0. The lowest BCUT2D eigenvalue weighted by atomic mass is 10.2. The van der Waals surface area contributed by atoms with Gasteiger partial charge in [-0.05, 0) is 37.7 Å². The zero-order valence-corrected chi connectivity index (χ0v) is 14.0. The van der Waals surface area contributed by atoms with Gasteiger partial charge >= 0.3 is 0 Å². The van der Waals surface area contributed by atoms with Crippen molar-refractivity contribution in [1.29, 1.82) is 0 Å². The van der Waals surface area contributed by atoms with Crippen LogP contribution in [0.2, 0.25) is 0 Å². The Bertz CT molecular complexity index is 771. The smallest absolute Gasteiger partial charge is 0.229 e. The van der Waals surface area contributed by atoms with Crippen LogP contribution in [0.5, 0.6) is 5.75 Å². The predicted octanol–water partition coefficient (Wildman–Crippen LogP) is 3.77. The molecule has 1 aromatic carbocycles. The van der Waals surface area contributed by atoms with Crippen molar-refractivity contribution in [2.75, 3.05) is 13.7 Å². The first-order valence-electron chi connectivity index (χ1n) is 8.00. The van der Waals surface area contributed by atoms with Gasteiger partial charge in [0, 0.05) is 25.5 Å². The van der Waals surface area contributed by atoms with Crippen LogP contribution in [0.1, 0.15) is 18.2 Å². The zero-order chi connectivity index (χ0) is 16.8. The summed E-state index contributed by atoms with van der Waals surface area (Å²) in [6.45, 7) is 4.09. The number of oxazole rings is 1. The molecule has 0 spiro atoms. The zero-order valence-electron chi connectivity index (χ0n) is 14.0. The van der Waals surface area contributed by atoms with Crippen LogP contribution in [0, 0.1) is 0 Å². The molecule has 0 fully saturated rings. The summed E-state index contributed by atoms with van der Waals surface area (Å²) in [6, 6.07) is 11.8. The van der Waals surface area contributed by atoms with Gasteiger partial charge in [0.25, 0.3) is 0 Å². The molecule has 0 aliphatic heterocycles. The number of hydrogen-bond acceptors (Lipinski definition) is 5. The average Bonchev–Trinajstić information content (AvgIpc) is 3.04. The second-order valence-corrected chi connectivity index (χ2v) is 5.61. The molecule has 3 aromatic rings. The first-order valence-corrected chi connectivity index (χ1v) is 8.00. The largest absolute Gasteiger partial charge is 0.493 e. The average molecular weight is 323 g/mol. The minimum atomic E-state index is 0.587. The number of ether oxygens (including phenoxy) is 1. The van der Waals surface area contributed by atoms with E-state index < -0.39 is 0 Å². The summed E-state index contributed by atoms with van der Waals surface area (Å²) in [5.74, 6) is 1.38. The fourth-order valence-corrected chi connectivity index (χ4v) is 2.56. The number of aromatic nitrogens is 2. The van der Waals surface area contributed by atoms with E-state index in [2.05, 4.69) is 28.0 Å². The van der Waals surface area contributed by atoms with E-state index >= 15 is 0 Å². The fraction of sp³-hybridized carbons (Fsp3) is 0.263. The minimum absolute atomic E-state index is 0.587. The Morgan fingerprint density at radius 3 is 2.79 bits per heavy atom. The molecule has 0 radical (unpaired) electrons. The number of para-hydroxylation sites is 1. The number of pyridine rings is 1. The summed E-state index contributed by atoms with van der Waals surface area (Å²) in [7, 11) is 2.05. The highest BCUT2D eigenvalue weighted by atomic mass is 16.5. The van der Waals surface area contributed by atoms with E-state index in [1.54, 1.807) is 12.5 Å². The van der Waals surface area contributed by atoms with Gasteiger partial charge in [0.1, 0.15) is 12.0 Å². The van der Waals surface area contributed by atoms with Gasteiger partial charge in [-0.25, -0.2) is 4.98 Å². The van der Waals surface area contributed by atoms with E-state index in [1.807, 2.05) is 43.5 Å². The lowest BCUT2D eigenvalue weighted by Crippen LogP contribution is -2.17. The van der Waals surface area contributed by atoms with Gasteiger partial charge in [0.2, 0.25) is 5.89 Å². The molecular weight excluding hydrogens is 302 g/mol. The standard InChI is InChI=1S/C19H21N3O2/c1-3-23-18-9-5-4-8-17(18)19-21-16(14-24-19)13-22(2)12-15-7-6-10-20-11-15/h4-11,14H,3,12-13H2,1-2H3. The molecule has 0 amide bonds. The van der Waals surface area contributed by atoms with E-state index in [1.165, 1.54) is 5.56 Å². The second-order valence-electron chi connectivity index (χ2n) is 5.61. The topological polar surface area (TPSA) is 51.4 Å². The van der Waals surface area contributed by atoms with Crippen molar-refractivity contribution in [1.82, 2.24) is 14.9 Å². The third kappa shape index (κ3) is 4.00. The summed E-state index contributed by atoms with van der Waals surface area (Å²) in [5, 5.41) is 0. The van der Waals surface area contributed by atoms with Gasteiger partial charge in [-0.3, -0.25) is 9.88 Å². The van der Waals surface area contributed by atoms with Crippen molar-refractivity contribution in [2.45, 2.75) is 20.0 Å². The van der Waals surface area contributed by atoms with E-state index in [0.29, 0.717) is 19.0 Å². The lowest BCUT2D eigenvalue weighted by molar-refractivity contribution is 0.314. The SMILES string of the molecule is CCOc1ccccc1-c1nc(CN(C)Cc2cccnc2)co1. The molecule has 0 saturated carbocycles. The number of nitrogens with zero attached hydrogens (tertiary/aromatic N) is 3. The Morgan fingerprint density at radius 1 is 1.12 bits per heavy atom. The van der Waals surface area contributed by atoms with Crippen LogP contribution >= 0.6 is 0 Å². The molecule has 0 N–H and O–H groups in total. The number of hydrogen-bond donors (Lipinski definition) is 0. The van der Waals surface area contributed by atoms with Crippen molar-refractivity contribution >= 4 is 0 Å². The van der Waals surface area contributed by atoms with Crippen LogP contribution in [0.4, 0.5) is 0 Å². The molecule has 0 aliphatic carbocycles. The monoisotopic (exact) mass is 323 g/mol. The summed E-state index contributed by atoms with van der Waals surface area (Å²) < 4.78 is 11.3. The van der Waals surface area contributed by atoms with Crippen molar-refractivity contribution < 1.29 is 9.15 Å². The van der Waals surface area contributed by atoms with Gasteiger partial charge in [-0.2, -0.15) is 0 Å². The number of rotatable bonds is 7. The maximum absolute atomic E-state index is 5.66. The highest BCUT2D eigenvalue weighted by molar-refractivity contribution is 5.62. The first-order chi connectivity index (χ1) is 11.8. The summed E-state index contributed by atoms with van der Waals surface area (Å²) in [6.07, 6.45) is 5.37. The predicted molar refractivity (Wildman–Crippen MR) is 92.5 cm³/mol. The summed E-state index contributed by atoms with van der Waals surface area (Å²) >= 11 is 0. The molecule has 5 heteroatoms. The van der Waals surface area contributed by atoms with E-state index in [0.717, 1.165) is 23.6 Å². The van der Waals surface area contributed by atoms with Gasteiger partial charge in [0.15, 0.2) is 0 Å². The number of benzene rings is 1. The Balaban J connectivity index is 1.69. The second kappa shape index (κ2) is 7.75. The molecule has 3 rings (SSSR count). The maximum Gasteiger partial charge on any atom is 0.229 e. The minimum Gasteiger partial charge on any atom is -0.493 e. The lowest BCUT2D eigenvalue weighted by Gasteiger charge is -2.14. The van der Waals surface area contributed by atoms with Crippen LogP contribution in [-0.4, -0.2) is 28.5 Å². The van der Waals surface area contributed by atoms with Gasteiger partial charge in [-0.1, -0.05) is 18.2 Å². The molecule has 2 heterocycles. The van der Waals surface area contributed by atoms with Crippen LogP contribution in [0.3, 0.4) is 0 Å². The van der Waals surface area contributed by atoms with Crippen molar-refractivity contribution in [3.63, 3.8) is 0 Å². The Hall–Kier alpha value is -2.66. The first kappa shape index (κ1) is 16.2. The van der Waals surface area contributed by atoms with Crippen LogP contribution < -0.4 is 4.74 Å². The van der Waals surface area contributed by atoms with Gasteiger partial charge in [0.05, 0.1) is 17.9 Å². The molecule has 0 bridgehead atoms. The van der Waals surface area contributed by atoms with Crippen LogP contribution in [-0.2, 0) is 13.1 Å². The van der Waals surface area contributed by atoms with E-state index in [9.17, 15) is 0 Å². The van der Waals surface area contributed by atoms with Crippen molar-refractivity contribution in [2.24, 2.45) is 0 Å². The molecular formula is C19H21N3O2. The quantitative estimate of drug-likeness (QED) is 0.662. The molecule has 0 aliphatic rings. The molecule has 5 nitrogen and oxygen atoms in total. The highest BCUT2D eigenvalue weighted by Gasteiger charge is 2.13. The highest BCUT2D eigenvalue weighted by Crippen LogP contribution is 2.29. The Labute approximate surface area is 141 Å².